The molecule has 0 saturated carbocycles. The van der Waals surface area contributed by atoms with Gasteiger partial charge in [-0.1, -0.05) is 31.6 Å². The largest absolute Gasteiger partial charge is 0.367 e. The second kappa shape index (κ2) is 4.69. The second-order valence-corrected chi connectivity index (χ2v) is 10.6. The van der Waals surface area contributed by atoms with Crippen LogP contribution in [0.2, 0.25) is 19.6 Å². The minimum Gasteiger partial charge on any atom is -0.367 e. The van der Waals surface area contributed by atoms with Crippen LogP contribution in [0.5, 0.6) is 0 Å². The van der Waals surface area contributed by atoms with Gasteiger partial charge in [0.25, 0.3) is 0 Å². The molecule has 0 amide bonds. The van der Waals surface area contributed by atoms with Gasteiger partial charge >= 0.3 is 0 Å². The zero-order valence-corrected chi connectivity index (χ0v) is 12.9. The first-order valence-corrected chi connectivity index (χ1v) is 10.2. The van der Waals surface area contributed by atoms with E-state index in [1.807, 2.05) is 41.3 Å². The number of pyridine rings is 1. The van der Waals surface area contributed by atoms with E-state index in [0.29, 0.717) is 0 Å². The molecule has 0 spiro atoms. The van der Waals surface area contributed by atoms with Crippen molar-refractivity contribution in [1.82, 2.24) is 14.6 Å². The molecule has 3 aromatic heterocycles. The second-order valence-electron chi connectivity index (χ2n) is 5.85. The Hall–Kier alpha value is -2.25. The predicted octanol–water partition coefficient (Wildman–Crippen LogP) is 3.56. The van der Waals surface area contributed by atoms with Crippen LogP contribution in [-0.2, 0) is 0 Å². The zero-order chi connectivity index (χ0) is 14.2. The molecule has 1 N–H and O–H groups in total. The average molecular weight is 279 g/mol. The molecule has 4 heteroatoms. The molecule has 0 unspecified atom stereocenters. The lowest BCUT2D eigenvalue weighted by molar-refractivity contribution is 0.966. The van der Waals surface area contributed by atoms with Crippen molar-refractivity contribution < 1.29 is 0 Å². The standard InChI is InChI=1S/C16H17N3Si/c1-20(2,3)11-8-14-15-6-4-5-10-19(15)18-16(14)13-7-9-17-12-13/h4-7,9-10,12,17H,1-3H3. The van der Waals surface area contributed by atoms with E-state index in [1.165, 1.54) is 0 Å². The maximum Gasteiger partial charge on any atom is 0.129 e. The Labute approximate surface area is 119 Å². The van der Waals surface area contributed by atoms with Crippen LogP contribution >= 0.6 is 0 Å². The lowest BCUT2D eigenvalue weighted by atomic mass is 10.1. The van der Waals surface area contributed by atoms with E-state index in [4.69, 9.17) is 0 Å². The lowest BCUT2D eigenvalue weighted by Crippen LogP contribution is -2.16. The molecular formula is C16H17N3Si. The number of fused-ring (bicyclic) bond motifs is 1. The molecule has 100 valence electrons. The molecular weight excluding hydrogens is 262 g/mol. The average Bonchev–Trinajstić information content (AvgIpc) is 3.02. The zero-order valence-electron chi connectivity index (χ0n) is 11.9. The topological polar surface area (TPSA) is 33.1 Å². The fourth-order valence-corrected chi connectivity index (χ4v) is 2.55. The van der Waals surface area contributed by atoms with Crippen molar-refractivity contribution >= 4 is 13.6 Å². The van der Waals surface area contributed by atoms with Gasteiger partial charge in [0.05, 0.1) is 11.1 Å². The Morgan fingerprint density at radius 1 is 1.20 bits per heavy atom. The highest BCUT2D eigenvalue weighted by Gasteiger charge is 2.14. The van der Waals surface area contributed by atoms with Gasteiger partial charge in [-0.3, -0.25) is 0 Å². The number of hydrogen-bond acceptors (Lipinski definition) is 1. The van der Waals surface area contributed by atoms with Gasteiger partial charge < -0.3 is 4.98 Å². The van der Waals surface area contributed by atoms with E-state index < -0.39 is 8.07 Å². The molecule has 0 atom stereocenters. The first kappa shape index (κ1) is 12.8. The Morgan fingerprint density at radius 2 is 2.05 bits per heavy atom. The lowest BCUT2D eigenvalue weighted by Gasteiger charge is -2.03. The van der Waals surface area contributed by atoms with Crippen LogP contribution in [-0.4, -0.2) is 22.7 Å². The highest BCUT2D eigenvalue weighted by molar-refractivity contribution is 6.83. The summed E-state index contributed by atoms with van der Waals surface area (Å²) in [7, 11) is -1.41. The predicted molar refractivity (Wildman–Crippen MR) is 85.2 cm³/mol. The van der Waals surface area contributed by atoms with E-state index in [0.717, 1.165) is 22.3 Å². The van der Waals surface area contributed by atoms with Crippen molar-refractivity contribution in [3.63, 3.8) is 0 Å². The quantitative estimate of drug-likeness (QED) is 0.536. The maximum absolute atomic E-state index is 4.67. The number of H-pyrrole nitrogens is 1. The third-order valence-corrected chi connectivity index (χ3v) is 3.85. The van der Waals surface area contributed by atoms with Crippen molar-refractivity contribution in [3.05, 3.63) is 48.4 Å². The molecule has 3 heterocycles. The fraction of sp³-hybridized carbons (Fsp3) is 0.188. The van der Waals surface area contributed by atoms with Gasteiger partial charge in [-0.2, -0.15) is 5.10 Å². The smallest absolute Gasteiger partial charge is 0.129 e. The molecule has 20 heavy (non-hydrogen) atoms. The molecule has 0 aliphatic heterocycles. The van der Waals surface area contributed by atoms with Crippen LogP contribution in [0.15, 0.2) is 42.9 Å². The van der Waals surface area contributed by atoms with E-state index in [2.05, 4.69) is 47.3 Å². The van der Waals surface area contributed by atoms with Crippen LogP contribution in [0.25, 0.3) is 16.8 Å². The Kier molecular flexibility index (Phi) is 3.00. The van der Waals surface area contributed by atoms with Crippen LogP contribution < -0.4 is 0 Å². The molecule has 0 aliphatic carbocycles. The normalized spacial score (nSPS) is 11.3. The molecule has 3 rings (SSSR count). The Balaban J connectivity index is 2.26. The summed E-state index contributed by atoms with van der Waals surface area (Å²) >= 11 is 0. The van der Waals surface area contributed by atoms with Gasteiger partial charge in [-0.25, -0.2) is 4.52 Å². The molecule has 0 bridgehead atoms. The summed E-state index contributed by atoms with van der Waals surface area (Å²) in [5.74, 6) is 3.38. The SMILES string of the molecule is C[Si](C)(C)C#Cc1c(-c2cc[nH]c2)nn2ccccc12. The highest BCUT2D eigenvalue weighted by Crippen LogP contribution is 2.25. The number of aromatic amines is 1. The monoisotopic (exact) mass is 279 g/mol. The van der Waals surface area contributed by atoms with E-state index in [-0.39, 0.29) is 0 Å². The molecule has 0 fully saturated rings. The Morgan fingerprint density at radius 3 is 2.75 bits per heavy atom. The third kappa shape index (κ3) is 2.40. The molecule has 3 nitrogen and oxygen atoms in total. The van der Waals surface area contributed by atoms with Crippen molar-refractivity contribution in [2.24, 2.45) is 0 Å². The van der Waals surface area contributed by atoms with Crippen molar-refractivity contribution in [2.75, 3.05) is 0 Å². The van der Waals surface area contributed by atoms with E-state index in [1.54, 1.807) is 0 Å². The number of aromatic nitrogens is 3. The molecule has 0 aromatic carbocycles. The summed E-state index contributed by atoms with van der Waals surface area (Å²) < 4.78 is 1.90. The van der Waals surface area contributed by atoms with Crippen LogP contribution in [0, 0.1) is 11.5 Å². The van der Waals surface area contributed by atoms with E-state index >= 15 is 0 Å². The van der Waals surface area contributed by atoms with Crippen molar-refractivity contribution in [3.8, 4) is 22.7 Å². The molecule has 0 aliphatic rings. The maximum atomic E-state index is 4.67. The number of nitrogens with zero attached hydrogens (tertiary/aromatic N) is 2. The van der Waals surface area contributed by atoms with E-state index in [9.17, 15) is 0 Å². The van der Waals surface area contributed by atoms with Gasteiger partial charge in [-0.15, -0.1) is 5.54 Å². The van der Waals surface area contributed by atoms with Gasteiger partial charge in [-0.05, 0) is 18.2 Å². The Bertz CT molecular complexity index is 796. The summed E-state index contributed by atoms with van der Waals surface area (Å²) in [5, 5.41) is 4.67. The summed E-state index contributed by atoms with van der Waals surface area (Å²) in [4.78, 5) is 3.08. The molecule has 0 radical (unpaired) electrons. The van der Waals surface area contributed by atoms with Crippen LogP contribution in [0.3, 0.4) is 0 Å². The van der Waals surface area contributed by atoms with Crippen molar-refractivity contribution in [2.45, 2.75) is 19.6 Å². The van der Waals surface area contributed by atoms with Crippen molar-refractivity contribution in [1.29, 1.82) is 0 Å². The van der Waals surface area contributed by atoms with Gasteiger partial charge in [0.15, 0.2) is 0 Å². The summed E-state index contributed by atoms with van der Waals surface area (Å²) in [6.45, 7) is 6.75. The molecule has 0 saturated heterocycles. The fourth-order valence-electron chi connectivity index (χ4n) is 2.05. The molecule has 3 aromatic rings. The van der Waals surface area contributed by atoms with Gasteiger partial charge in [0, 0.05) is 24.2 Å². The summed E-state index contributed by atoms with van der Waals surface area (Å²) in [5.41, 5.74) is 7.55. The highest BCUT2D eigenvalue weighted by atomic mass is 28.3. The number of nitrogens with one attached hydrogen (secondary N) is 1. The summed E-state index contributed by atoms with van der Waals surface area (Å²) in [6, 6.07) is 8.10. The van der Waals surface area contributed by atoms with Gasteiger partial charge in [0.2, 0.25) is 0 Å². The van der Waals surface area contributed by atoms with Crippen LogP contribution in [0.1, 0.15) is 5.56 Å². The third-order valence-electron chi connectivity index (χ3n) is 2.97. The summed E-state index contributed by atoms with van der Waals surface area (Å²) in [6.07, 6.45) is 5.84. The minimum absolute atomic E-state index is 0.947. The van der Waals surface area contributed by atoms with Crippen LogP contribution in [0.4, 0.5) is 0 Å². The minimum atomic E-state index is -1.41. The first-order valence-electron chi connectivity index (χ1n) is 6.68. The number of hydrogen-bond donors (Lipinski definition) is 1. The number of rotatable bonds is 1. The van der Waals surface area contributed by atoms with Gasteiger partial charge in [0.1, 0.15) is 13.8 Å². The first-order chi connectivity index (χ1) is 9.54.